The second kappa shape index (κ2) is 3.49. The molecule has 0 unspecified atom stereocenters. The van der Waals surface area contributed by atoms with E-state index in [1.54, 1.807) is 12.4 Å². The number of hydrogen-bond acceptors (Lipinski definition) is 2. The summed E-state index contributed by atoms with van der Waals surface area (Å²) in [5, 5.41) is 0. The summed E-state index contributed by atoms with van der Waals surface area (Å²) in [6.07, 6.45) is 11.3. The molecule has 0 amide bonds. The zero-order valence-corrected chi connectivity index (χ0v) is 8.25. The van der Waals surface area contributed by atoms with Gasteiger partial charge in [0.05, 0.1) is 0 Å². The summed E-state index contributed by atoms with van der Waals surface area (Å²) in [5.74, 6) is 1.85. The van der Waals surface area contributed by atoms with Gasteiger partial charge in [0, 0.05) is 38.9 Å². The van der Waals surface area contributed by atoms with Crippen molar-refractivity contribution in [3.63, 3.8) is 0 Å². The molecule has 0 saturated heterocycles. The minimum atomic E-state index is 0.924. The summed E-state index contributed by atoms with van der Waals surface area (Å²) < 4.78 is 3.92. The van der Waals surface area contributed by atoms with E-state index in [4.69, 9.17) is 0 Å². The van der Waals surface area contributed by atoms with Crippen LogP contribution in [-0.2, 0) is 14.1 Å². The minimum absolute atomic E-state index is 0.924. The molecule has 0 radical (unpaired) electrons. The third-order valence-electron chi connectivity index (χ3n) is 2.10. The van der Waals surface area contributed by atoms with Gasteiger partial charge in [-0.05, 0) is 12.2 Å². The van der Waals surface area contributed by atoms with Crippen LogP contribution in [-0.4, -0.2) is 19.1 Å². The molecule has 0 N–H and O–H groups in total. The van der Waals surface area contributed by atoms with Crippen molar-refractivity contribution < 1.29 is 0 Å². The lowest BCUT2D eigenvalue weighted by atomic mass is 10.4. The van der Waals surface area contributed by atoms with Crippen molar-refractivity contribution in [1.82, 2.24) is 19.1 Å². The molecule has 14 heavy (non-hydrogen) atoms. The van der Waals surface area contributed by atoms with Crippen molar-refractivity contribution in [3.05, 3.63) is 36.4 Å². The van der Waals surface area contributed by atoms with Crippen molar-refractivity contribution in [2.45, 2.75) is 0 Å². The summed E-state index contributed by atoms with van der Waals surface area (Å²) >= 11 is 0. The molecule has 0 aliphatic heterocycles. The topological polar surface area (TPSA) is 35.6 Å². The van der Waals surface area contributed by atoms with Crippen LogP contribution in [0.2, 0.25) is 0 Å². The number of hydrogen-bond donors (Lipinski definition) is 0. The van der Waals surface area contributed by atoms with E-state index in [1.807, 2.05) is 47.8 Å². The lowest BCUT2D eigenvalue weighted by molar-refractivity contribution is 0.891. The van der Waals surface area contributed by atoms with Crippen LogP contribution in [0.1, 0.15) is 11.6 Å². The average molecular weight is 188 g/mol. The van der Waals surface area contributed by atoms with Crippen LogP contribution >= 0.6 is 0 Å². The maximum Gasteiger partial charge on any atom is 0.132 e. The Labute approximate surface area is 82.5 Å². The molecule has 0 spiro atoms. The first kappa shape index (κ1) is 8.74. The van der Waals surface area contributed by atoms with Gasteiger partial charge in [0.2, 0.25) is 0 Å². The fraction of sp³-hybridized carbons (Fsp3) is 0.200. The Morgan fingerprint density at radius 1 is 0.929 bits per heavy atom. The van der Waals surface area contributed by atoms with Crippen LogP contribution in [0.5, 0.6) is 0 Å². The van der Waals surface area contributed by atoms with Gasteiger partial charge in [-0.1, -0.05) is 0 Å². The van der Waals surface area contributed by atoms with Gasteiger partial charge < -0.3 is 9.13 Å². The first-order valence-corrected chi connectivity index (χ1v) is 4.40. The molecule has 4 heteroatoms. The lowest BCUT2D eigenvalue weighted by Crippen LogP contribution is -1.91. The molecular formula is C10H12N4. The van der Waals surface area contributed by atoms with Crippen LogP contribution in [0, 0.1) is 0 Å². The standard InChI is InChI=1S/C10H12N4/c1-13-7-5-11-9(13)3-4-10-12-6-8-14(10)2/h3-8H,1-2H3/b4-3+. The van der Waals surface area contributed by atoms with Gasteiger partial charge in [0.15, 0.2) is 0 Å². The van der Waals surface area contributed by atoms with Gasteiger partial charge >= 0.3 is 0 Å². The van der Waals surface area contributed by atoms with E-state index < -0.39 is 0 Å². The fourth-order valence-corrected chi connectivity index (χ4v) is 1.22. The van der Waals surface area contributed by atoms with E-state index in [0.717, 1.165) is 11.6 Å². The van der Waals surface area contributed by atoms with Gasteiger partial charge in [-0.2, -0.15) is 0 Å². The van der Waals surface area contributed by atoms with E-state index in [9.17, 15) is 0 Å². The summed E-state index contributed by atoms with van der Waals surface area (Å²) in [6, 6.07) is 0. The first-order chi connectivity index (χ1) is 6.77. The minimum Gasteiger partial charge on any atom is -0.335 e. The molecule has 0 aromatic carbocycles. The summed E-state index contributed by atoms with van der Waals surface area (Å²) in [7, 11) is 3.93. The number of rotatable bonds is 2. The number of imidazole rings is 2. The molecule has 0 bridgehead atoms. The number of aromatic nitrogens is 4. The smallest absolute Gasteiger partial charge is 0.132 e. The highest BCUT2D eigenvalue weighted by Crippen LogP contribution is 2.03. The Morgan fingerprint density at radius 3 is 1.64 bits per heavy atom. The monoisotopic (exact) mass is 188 g/mol. The van der Waals surface area contributed by atoms with Crippen molar-refractivity contribution in [2.24, 2.45) is 14.1 Å². The summed E-state index contributed by atoms with van der Waals surface area (Å²) in [6.45, 7) is 0. The maximum absolute atomic E-state index is 4.18. The zero-order chi connectivity index (χ0) is 9.97. The Kier molecular flexibility index (Phi) is 2.18. The maximum atomic E-state index is 4.18. The second-order valence-electron chi connectivity index (χ2n) is 3.13. The average Bonchev–Trinajstić information content (AvgIpc) is 2.72. The zero-order valence-electron chi connectivity index (χ0n) is 8.25. The predicted molar refractivity (Wildman–Crippen MR) is 55.3 cm³/mol. The molecule has 0 fully saturated rings. The van der Waals surface area contributed by atoms with E-state index in [2.05, 4.69) is 9.97 Å². The van der Waals surface area contributed by atoms with E-state index in [1.165, 1.54) is 0 Å². The molecule has 4 nitrogen and oxygen atoms in total. The van der Waals surface area contributed by atoms with Gasteiger partial charge in [0.25, 0.3) is 0 Å². The van der Waals surface area contributed by atoms with Crippen LogP contribution < -0.4 is 0 Å². The Morgan fingerprint density at radius 2 is 1.36 bits per heavy atom. The van der Waals surface area contributed by atoms with Crippen molar-refractivity contribution in [3.8, 4) is 0 Å². The fourth-order valence-electron chi connectivity index (χ4n) is 1.22. The quantitative estimate of drug-likeness (QED) is 0.712. The van der Waals surface area contributed by atoms with Gasteiger partial charge in [-0.15, -0.1) is 0 Å². The highest BCUT2D eigenvalue weighted by atomic mass is 15.0. The molecule has 72 valence electrons. The Bertz CT molecular complexity index is 408. The number of aryl methyl sites for hydroxylation is 2. The van der Waals surface area contributed by atoms with Gasteiger partial charge in [-0.25, -0.2) is 9.97 Å². The van der Waals surface area contributed by atoms with Gasteiger partial charge in [-0.3, -0.25) is 0 Å². The normalized spacial score (nSPS) is 11.3. The van der Waals surface area contributed by atoms with E-state index in [0.29, 0.717) is 0 Å². The molecule has 2 heterocycles. The predicted octanol–water partition coefficient (Wildman–Crippen LogP) is 1.32. The molecule has 0 atom stereocenters. The SMILES string of the molecule is Cn1ccnc1/C=C/c1nccn1C. The van der Waals surface area contributed by atoms with Crippen LogP contribution in [0.4, 0.5) is 0 Å². The van der Waals surface area contributed by atoms with Crippen LogP contribution in [0.25, 0.3) is 12.2 Å². The highest BCUT2D eigenvalue weighted by molar-refractivity contribution is 5.63. The molecule has 0 aliphatic carbocycles. The van der Waals surface area contributed by atoms with Gasteiger partial charge in [0.1, 0.15) is 11.6 Å². The molecule has 2 rings (SSSR count). The summed E-state index contributed by atoms with van der Waals surface area (Å²) in [4.78, 5) is 8.37. The second-order valence-corrected chi connectivity index (χ2v) is 3.13. The Hall–Kier alpha value is -1.84. The van der Waals surface area contributed by atoms with Crippen LogP contribution in [0.15, 0.2) is 24.8 Å². The largest absolute Gasteiger partial charge is 0.335 e. The lowest BCUT2D eigenvalue weighted by Gasteiger charge is -1.95. The van der Waals surface area contributed by atoms with E-state index >= 15 is 0 Å². The van der Waals surface area contributed by atoms with E-state index in [-0.39, 0.29) is 0 Å². The summed E-state index contributed by atoms with van der Waals surface area (Å²) in [5.41, 5.74) is 0. The van der Waals surface area contributed by atoms with Crippen molar-refractivity contribution >= 4 is 12.2 Å². The molecule has 0 aliphatic rings. The van der Waals surface area contributed by atoms with Crippen molar-refractivity contribution in [1.29, 1.82) is 0 Å². The highest BCUT2D eigenvalue weighted by Gasteiger charge is 1.95. The van der Waals surface area contributed by atoms with Crippen molar-refractivity contribution in [2.75, 3.05) is 0 Å². The molecule has 0 saturated carbocycles. The number of nitrogens with zero attached hydrogens (tertiary/aromatic N) is 4. The third-order valence-corrected chi connectivity index (χ3v) is 2.10. The first-order valence-electron chi connectivity index (χ1n) is 4.40. The molecular weight excluding hydrogens is 176 g/mol. The molecule has 2 aromatic heterocycles. The van der Waals surface area contributed by atoms with Crippen LogP contribution in [0.3, 0.4) is 0 Å². The Balaban J connectivity index is 2.23. The third kappa shape index (κ3) is 1.59. The molecule has 2 aromatic rings.